The zero-order valence-corrected chi connectivity index (χ0v) is 11.4. The molecule has 1 rings (SSSR count). The molecule has 0 aliphatic carbocycles. The topological polar surface area (TPSA) is 78.5 Å². The molecule has 0 bridgehead atoms. The Labute approximate surface area is 109 Å². The Bertz CT molecular complexity index is 380. The largest absolute Gasteiger partial charge is 0.398 e. The Balaban J connectivity index is 2.89. The van der Waals surface area contributed by atoms with E-state index in [0.29, 0.717) is 30.1 Å². The fraction of sp³-hybridized carbons (Fsp3) is 0.571. The molecule has 0 aliphatic heterocycles. The second-order valence-corrected chi connectivity index (χ2v) is 4.95. The highest BCUT2D eigenvalue weighted by atomic mass is 16.3. The summed E-state index contributed by atoms with van der Waals surface area (Å²) < 4.78 is 0. The molecule has 1 aromatic carbocycles. The van der Waals surface area contributed by atoms with Crippen LogP contribution in [0.5, 0.6) is 0 Å². The van der Waals surface area contributed by atoms with Crippen molar-refractivity contribution in [3.63, 3.8) is 0 Å². The molecule has 0 saturated carbocycles. The van der Waals surface area contributed by atoms with Crippen molar-refractivity contribution < 1.29 is 10.2 Å². The molecule has 1 aromatic rings. The van der Waals surface area contributed by atoms with Crippen LogP contribution in [-0.2, 0) is 0 Å². The molecule has 0 heterocycles. The number of hydrogen-bond donors (Lipinski definition) is 4. The molecule has 5 N–H and O–H groups in total. The third-order valence-electron chi connectivity index (χ3n) is 3.15. The van der Waals surface area contributed by atoms with Crippen molar-refractivity contribution >= 4 is 5.69 Å². The van der Waals surface area contributed by atoms with E-state index >= 15 is 0 Å². The fourth-order valence-corrected chi connectivity index (χ4v) is 1.87. The molecule has 0 amide bonds. The molecule has 4 nitrogen and oxygen atoms in total. The third kappa shape index (κ3) is 3.70. The second-order valence-electron chi connectivity index (χ2n) is 4.95. The number of nitrogens with two attached hydrogens (primary N) is 1. The minimum Gasteiger partial charge on any atom is -0.398 e. The Morgan fingerprint density at radius 1 is 1.28 bits per heavy atom. The Hall–Kier alpha value is -1.10. The summed E-state index contributed by atoms with van der Waals surface area (Å²) in [4.78, 5) is 0. The number of benzene rings is 1. The average Bonchev–Trinajstić information content (AvgIpc) is 2.35. The molecular formula is C14H24N2O2. The van der Waals surface area contributed by atoms with E-state index in [9.17, 15) is 10.2 Å². The van der Waals surface area contributed by atoms with Crippen molar-refractivity contribution in [3.8, 4) is 0 Å². The van der Waals surface area contributed by atoms with Gasteiger partial charge in [-0.05, 0) is 37.6 Å². The summed E-state index contributed by atoms with van der Waals surface area (Å²) in [5, 5.41) is 23.0. The molecule has 0 aliphatic rings. The lowest BCUT2D eigenvalue weighted by Gasteiger charge is -2.21. The van der Waals surface area contributed by atoms with Crippen LogP contribution in [-0.4, -0.2) is 29.9 Å². The molecule has 4 heteroatoms. The fourth-order valence-electron chi connectivity index (χ4n) is 1.87. The molecule has 0 fully saturated rings. The quantitative estimate of drug-likeness (QED) is 0.577. The van der Waals surface area contributed by atoms with Gasteiger partial charge in [0.15, 0.2) is 0 Å². The van der Waals surface area contributed by atoms with Gasteiger partial charge in [0.2, 0.25) is 0 Å². The van der Waals surface area contributed by atoms with Crippen LogP contribution in [0.15, 0.2) is 18.2 Å². The standard InChI is InChI=1S/C14H24N2O2/c1-9(2)10-4-5-12(15)11(8-10)14(18)13(17)6-7-16-3/h4-5,8-9,13-14,16-18H,6-7,15H2,1-3H3. The van der Waals surface area contributed by atoms with E-state index < -0.39 is 12.2 Å². The number of hydrogen-bond acceptors (Lipinski definition) is 4. The van der Waals surface area contributed by atoms with E-state index in [-0.39, 0.29) is 0 Å². The lowest BCUT2D eigenvalue weighted by molar-refractivity contribution is 0.0144. The van der Waals surface area contributed by atoms with Gasteiger partial charge in [0.25, 0.3) is 0 Å². The Kier molecular flexibility index (Phi) is 5.59. The highest BCUT2D eigenvalue weighted by Crippen LogP contribution is 2.28. The first-order chi connectivity index (χ1) is 8.47. The highest BCUT2D eigenvalue weighted by molar-refractivity contribution is 5.50. The summed E-state index contributed by atoms with van der Waals surface area (Å²) in [6, 6.07) is 5.63. The number of rotatable bonds is 6. The maximum atomic E-state index is 10.1. The summed E-state index contributed by atoms with van der Waals surface area (Å²) in [7, 11) is 1.81. The van der Waals surface area contributed by atoms with Gasteiger partial charge in [0.1, 0.15) is 6.10 Å². The van der Waals surface area contributed by atoms with Gasteiger partial charge < -0.3 is 21.3 Å². The van der Waals surface area contributed by atoms with Gasteiger partial charge >= 0.3 is 0 Å². The number of nitrogens with one attached hydrogen (secondary N) is 1. The lowest BCUT2D eigenvalue weighted by atomic mass is 9.94. The van der Waals surface area contributed by atoms with Gasteiger partial charge in [-0.25, -0.2) is 0 Å². The van der Waals surface area contributed by atoms with Crippen molar-refractivity contribution in [2.24, 2.45) is 0 Å². The van der Waals surface area contributed by atoms with Gasteiger partial charge in [-0.3, -0.25) is 0 Å². The summed E-state index contributed by atoms with van der Waals surface area (Å²) in [5.74, 6) is 0.367. The summed E-state index contributed by atoms with van der Waals surface area (Å²) in [6.45, 7) is 4.82. The molecule has 0 spiro atoms. The average molecular weight is 252 g/mol. The number of aliphatic hydroxyl groups is 2. The smallest absolute Gasteiger partial charge is 0.107 e. The normalized spacial score (nSPS) is 14.8. The predicted octanol–water partition coefficient (Wildman–Crippen LogP) is 1.40. The van der Waals surface area contributed by atoms with Gasteiger partial charge in [-0.15, -0.1) is 0 Å². The summed E-state index contributed by atoms with van der Waals surface area (Å²) in [5.41, 5.74) is 8.12. The molecule has 0 radical (unpaired) electrons. The Morgan fingerprint density at radius 2 is 1.94 bits per heavy atom. The van der Waals surface area contributed by atoms with Crippen molar-refractivity contribution in [1.29, 1.82) is 0 Å². The maximum Gasteiger partial charge on any atom is 0.107 e. The van der Waals surface area contributed by atoms with Gasteiger partial charge in [-0.2, -0.15) is 0 Å². The van der Waals surface area contributed by atoms with Gasteiger partial charge in [0, 0.05) is 11.3 Å². The molecule has 2 unspecified atom stereocenters. The molecular weight excluding hydrogens is 228 g/mol. The van der Waals surface area contributed by atoms with E-state index in [4.69, 9.17) is 5.73 Å². The maximum absolute atomic E-state index is 10.1. The number of anilines is 1. The summed E-state index contributed by atoms with van der Waals surface area (Å²) in [6.07, 6.45) is -1.25. The van der Waals surface area contributed by atoms with Crippen molar-refractivity contribution in [3.05, 3.63) is 29.3 Å². The van der Waals surface area contributed by atoms with E-state index in [1.807, 2.05) is 19.2 Å². The second kappa shape index (κ2) is 6.73. The van der Waals surface area contributed by atoms with Crippen LogP contribution in [0, 0.1) is 0 Å². The molecule has 0 saturated heterocycles. The zero-order valence-electron chi connectivity index (χ0n) is 11.4. The number of nitrogen functional groups attached to an aromatic ring is 1. The highest BCUT2D eigenvalue weighted by Gasteiger charge is 2.20. The van der Waals surface area contributed by atoms with Crippen LogP contribution in [0.4, 0.5) is 5.69 Å². The van der Waals surface area contributed by atoms with E-state index in [1.54, 1.807) is 6.07 Å². The van der Waals surface area contributed by atoms with Crippen LogP contribution in [0.3, 0.4) is 0 Å². The Morgan fingerprint density at radius 3 is 2.50 bits per heavy atom. The molecule has 18 heavy (non-hydrogen) atoms. The van der Waals surface area contributed by atoms with Crippen LogP contribution in [0.1, 0.15) is 43.4 Å². The minimum absolute atomic E-state index is 0.367. The molecule has 102 valence electrons. The molecule has 0 aromatic heterocycles. The molecule has 2 atom stereocenters. The first kappa shape index (κ1) is 15.0. The zero-order chi connectivity index (χ0) is 13.7. The summed E-state index contributed by atoms with van der Waals surface area (Å²) >= 11 is 0. The van der Waals surface area contributed by atoms with Crippen molar-refractivity contribution in [2.75, 3.05) is 19.3 Å². The first-order valence-corrected chi connectivity index (χ1v) is 6.37. The SMILES string of the molecule is CNCCC(O)C(O)c1cc(C(C)C)ccc1N. The van der Waals surface area contributed by atoms with Crippen LogP contribution >= 0.6 is 0 Å². The lowest BCUT2D eigenvalue weighted by Crippen LogP contribution is -2.24. The van der Waals surface area contributed by atoms with Crippen molar-refractivity contribution in [2.45, 2.75) is 38.4 Å². The first-order valence-electron chi connectivity index (χ1n) is 6.37. The van der Waals surface area contributed by atoms with Gasteiger partial charge in [-0.1, -0.05) is 26.0 Å². The van der Waals surface area contributed by atoms with E-state index in [0.717, 1.165) is 5.56 Å². The monoisotopic (exact) mass is 252 g/mol. The van der Waals surface area contributed by atoms with E-state index in [2.05, 4.69) is 19.2 Å². The van der Waals surface area contributed by atoms with E-state index in [1.165, 1.54) is 0 Å². The van der Waals surface area contributed by atoms with Crippen LogP contribution in [0.2, 0.25) is 0 Å². The predicted molar refractivity (Wildman–Crippen MR) is 74.5 cm³/mol. The third-order valence-corrected chi connectivity index (χ3v) is 3.15. The van der Waals surface area contributed by atoms with Crippen LogP contribution < -0.4 is 11.1 Å². The number of aliphatic hydroxyl groups excluding tert-OH is 2. The van der Waals surface area contributed by atoms with Crippen molar-refractivity contribution in [1.82, 2.24) is 5.32 Å². The van der Waals surface area contributed by atoms with Crippen LogP contribution in [0.25, 0.3) is 0 Å². The van der Waals surface area contributed by atoms with Gasteiger partial charge in [0.05, 0.1) is 6.10 Å². The minimum atomic E-state index is -0.933.